The molecule has 0 saturated heterocycles. The van der Waals surface area contributed by atoms with Crippen LogP contribution >= 0.6 is 11.6 Å². The maximum atomic E-state index is 12.7. The van der Waals surface area contributed by atoms with Gasteiger partial charge in [0, 0.05) is 10.6 Å². The van der Waals surface area contributed by atoms with E-state index in [1.54, 1.807) is 24.3 Å². The van der Waals surface area contributed by atoms with Crippen LogP contribution in [0.5, 0.6) is 17.2 Å². The average molecular weight is 515 g/mol. The summed E-state index contributed by atoms with van der Waals surface area (Å²) in [6, 6.07) is 21.9. The highest BCUT2D eigenvalue weighted by molar-refractivity contribution is 6.30. The number of nitrogens with zero attached hydrogens (tertiary/aromatic N) is 1. The molecule has 4 aromatic carbocycles. The molecule has 0 fully saturated rings. The van der Waals surface area contributed by atoms with Gasteiger partial charge in [-0.1, -0.05) is 54.1 Å². The lowest BCUT2D eigenvalue weighted by molar-refractivity contribution is 0.0952. The number of ether oxygens (including phenoxy) is 2. The molecule has 0 aliphatic carbocycles. The Labute approximate surface area is 220 Å². The van der Waals surface area contributed by atoms with E-state index >= 15 is 0 Å². The first-order valence-electron chi connectivity index (χ1n) is 11.8. The molecule has 1 amide bonds. The normalized spacial score (nSPS) is 11.0. The van der Waals surface area contributed by atoms with Crippen molar-refractivity contribution < 1.29 is 19.4 Å². The average Bonchev–Trinajstić information content (AvgIpc) is 2.89. The first-order valence-corrected chi connectivity index (χ1v) is 12.2. The summed E-state index contributed by atoms with van der Waals surface area (Å²) in [5, 5.41) is 16.8. The van der Waals surface area contributed by atoms with E-state index in [0.29, 0.717) is 41.7 Å². The van der Waals surface area contributed by atoms with Gasteiger partial charge in [-0.25, -0.2) is 5.43 Å². The Bertz CT molecular complexity index is 1450. The summed E-state index contributed by atoms with van der Waals surface area (Å²) in [6.45, 7) is 6.54. The van der Waals surface area contributed by atoms with Crippen LogP contribution < -0.4 is 14.9 Å². The molecule has 6 nitrogen and oxygen atoms in total. The van der Waals surface area contributed by atoms with Crippen LogP contribution in [-0.2, 0) is 13.0 Å². The number of allylic oxidation sites excluding steroid dienone is 1. The van der Waals surface area contributed by atoms with Crippen molar-refractivity contribution in [2.45, 2.75) is 20.0 Å². The quantitative estimate of drug-likeness (QED) is 0.141. The Balaban J connectivity index is 1.54. The molecule has 0 spiro atoms. The molecule has 0 atom stereocenters. The molecule has 0 saturated carbocycles. The summed E-state index contributed by atoms with van der Waals surface area (Å²) >= 11 is 5.98. The third-order valence-electron chi connectivity index (χ3n) is 5.60. The van der Waals surface area contributed by atoms with Crippen LogP contribution in [0.4, 0.5) is 0 Å². The van der Waals surface area contributed by atoms with E-state index < -0.39 is 5.91 Å². The Morgan fingerprint density at radius 3 is 2.49 bits per heavy atom. The zero-order chi connectivity index (χ0) is 26.2. The fourth-order valence-corrected chi connectivity index (χ4v) is 3.99. The molecule has 0 aromatic heterocycles. The van der Waals surface area contributed by atoms with Gasteiger partial charge in [-0.15, -0.1) is 6.58 Å². The second-order valence-corrected chi connectivity index (χ2v) is 8.70. The first-order chi connectivity index (χ1) is 18.0. The summed E-state index contributed by atoms with van der Waals surface area (Å²) < 4.78 is 12.0. The van der Waals surface area contributed by atoms with E-state index in [1.165, 1.54) is 6.21 Å². The number of phenolic OH excluding ortho intramolecular Hbond substituents is 1. The van der Waals surface area contributed by atoms with Crippen LogP contribution in [0.2, 0.25) is 5.02 Å². The lowest BCUT2D eigenvalue weighted by Gasteiger charge is -2.17. The van der Waals surface area contributed by atoms with Gasteiger partial charge in [-0.3, -0.25) is 4.79 Å². The fourth-order valence-electron chi connectivity index (χ4n) is 3.86. The Morgan fingerprint density at radius 1 is 1.05 bits per heavy atom. The van der Waals surface area contributed by atoms with Crippen molar-refractivity contribution in [1.29, 1.82) is 0 Å². The van der Waals surface area contributed by atoms with Gasteiger partial charge in [0.1, 0.15) is 12.4 Å². The number of aromatic hydroxyl groups is 1. The van der Waals surface area contributed by atoms with Gasteiger partial charge in [0.15, 0.2) is 11.5 Å². The number of nitrogens with one attached hydrogen (secondary N) is 1. The number of benzene rings is 4. The molecule has 188 valence electrons. The van der Waals surface area contributed by atoms with Crippen LogP contribution in [-0.4, -0.2) is 23.8 Å². The maximum Gasteiger partial charge on any atom is 0.275 e. The van der Waals surface area contributed by atoms with Crippen molar-refractivity contribution >= 4 is 34.5 Å². The van der Waals surface area contributed by atoms with E-state index in [-0.39, 0.29) is 11.3 Å². The smallest absolute Gasteiger partial charge is 0.275 e. The molecule has 0 aliphatic rings. The minimum Gasteiger partial charge on any atom is -0.507 e. The number of amides is 1. The van der Waals surface area contributed by atoms with Gasteiger partial charge in [0.2, 0.25) is 0 Å². The molecule has 0 radical (unpaired) electrons. The van der Waals surface area contributed by atoms with E-state index in [4.69, 9.17) is 21.1 Å². The molecule has 0 heterocycles. The second-order valence-electron chi connectivity index (χ2n) is 8.26. The second kappa shape index (κ2) is 12.1. The van der Waals surface area contributed by atoms with Crippen molar-refractivity contribution in [2.24, 2.45) is 5.10 Å². The molecule has 0 unspecified atom stereocenters. The topological polar surface area (TPSA) is 80.2 Å². The molecule has 7 heteroatoms. The van der Waals surface area contributed by atoms with Gasteiger partial charge < -0.3 is 14.6 Å². The van der Waals surface area contributed by atoms with E-state index in [9.17, 15) is 9.90 Å². The predicted octanol–water partition coefficient (Wildman–Crippen LogP) is 6.67. The minimum absolute atomic E-state index is 0.111. The predicted molar refractivity (Wildman–Crippen MR) is 148 cm³/mol. The fraction of sp³-hybridized carbons (Fsp3) is 0.133. The van der Waals surface area contributed by atoms with Gasteiger partial charge in [0.25, 0.3) is 5.91 Å². The molecule has 4 rings (SSSR count). The molecule has 4 aromatic rings. The van der Waals surface area contributed by atoms with Crippen LogP contribution in [0.3, 0.4) is 0 Å². The van der Waals surface area contributed by atoms with Crippen molar-refractivity contribution in [3.63, 3.8) is 0 Å². The number of carbonyl (C=O) groups is 1. The van der Waals surface area contributed by atoms with Crippen molar-refractivity contribution in [1.82, 2.24) is 5.43 Å². The lowest BCUT2D eigenvalue weighted by Crippen LogP contribution is -2.17. The highest BCUT2D eigenvalue weighted by Crippen LogP contribution is 2.34. The standard InChI is InChI=1S/C30H27ClN2O4/c1-3-7-24-14-21(15-28(36-4-2)29(24)37-19-20-10-12-25(31)13-11-20)18-32-33-30(35)26-16-22-8-5-6-9-23(22)17-27(26)34/h3,5-6,8-18,34H,1,4,7,19H2,2H3,(H,33,35). The van der Waals surface area contributed by atoms with Gasteiger partial charge in [-0.05, 0) is 71.6 Å². The van der Waals surface area contributed by atoms with Crippen LogP contribution in [0.15, 0.2) is 90.6 Å². The van der Waals surface area contributed by atoms with Crippen molar-refractivity contribution in [3.05, 3.63) is 113 Å². The van der Waals surface area contributed by atoms with Crippen LogP contribution in [0, 0.1) is 0 Å². The van der Waals surface area contributed by atoms with Crippen LogP contribution in [0.1, 0.15) is 34.0 Å². The first kappa shape index (κ1) is 25.8. The number of rotatable bonds is 10. The zero-order valence-corrected chi connectivity index (χ0v) is 21.2. The Morgan fingerprint density at radius 2 is 1.78 bits per heavy atom. The number of fused-ring (bicyclic) bond motifs is 1. The summed E-state index contributed by atoms with van der Waals surface area (Å²) in [6.07, 6.45) is 3.86. The maximum absolute atomic E-state index is 12.7. The lowest BCUT2D eigenvalue weighted by atomic mass is 10.1. The van der Waals surface area contributed by atoms with Gasteiger partial charge >= 0.3 is 0 Å². The molecule has 2 N–H and O–H groups in total. The van der Waals surface area contributed by atoms with Crippen molar-refractivity contribution in [2.75, 3.05) is 6.61 Å². The van der Waals surface area contributed by atoms with Gasteiger partial charge in [0.05, 0.1) is 18.4 Å². The minimum atomic E-state index is -0.515. The Kier molecular flexibility index (Phi) is 8.44. The largest absolute Gasteiger partial charge is 0.507 e. The number of hydrazone groups is 1. The highest BCUT2D eigenvalue weighted by atomic mass is 35.5. The van der Waals surface area contributed by atoms with E-state index in [0.717, 1.165) is 21.9 Å². The van der Waals surface area contributed by atoms with Gasteiger partial charge in [-0.2, -0.15) is 5.10 Å². The summed E-state index contributed by atoms with van der Waals surface area (Å²) in [5.41, 5.74) is 5.19. The van der Waals surface area contributed by atoms with E-state index in [2.05, 4.69) is 17.1 Å². The third-order valence-corrected chi connectivity index (χ3v) is 5.85. The molecular weight excluding hydrogens is 488 g/mol. The number of hydrogen-bond donors (Lipinski definition) is 2. The van der Waals surface area contributed by atoms with Crippen LogP contribution in [0.25, 0.3) is 10.8 Å². The number of hydrogen-bond acceptors (Lipinski definition) is 5. The highest BCUT2D eigenvalue weighted by Gasteiger charge is 2.14. The van der Waals surface area contributed by atoms with Crippen molar-refractivity contribution in [3.8, 4) is 17.2 Å². The summed E-state index contributed by atoms with van der Waals surface area (Å²) in [7, 11) is 0. The molecule has 0 aliphatic heterocycles. The molecule has 0 bridgehead atoms. The third kappa shape index (κ3) is 6.48. The number of phenols is 1. The SMILES string of the molecule is C=CCc1cc(C=NNC(=O)c2cc3ccccc3cc2O)cc(OCC)c1OCc1ccc(Cl)cc1. The summed E-state index contributed by atoms with van der Waals surface area (Å²) in [5.74, 6) is 0.564. The number of carbonyl (C=O) groups excluding carboxylic acids is 1. The summed E-state index contributed by atoms with van der Waals surface area (Å²) in [4.78, 5) is 12.7. The van der Waals surface area contributed by atoms with E-state index in [1.807, 2.05) is 61.5 Å². The number of halogens is 1. The molecule has 37 heavy (non-hydrogen) atoms. The Hall–Kier alpha value is -4.29. The monoisotopic (exact) mass is 514 g/mol. The zero-order valence-electron chi connectivity index (χ0n) is 20.4. The molecular formula is C30H27ClN2O4.